The van der Waals surface area contributed by atoms with E-state index in [-0.39, 0.29) is 67.1 Å². The zero-order chi connectivity index (χ0) is 73.2. The number of aryl methyl sites for hydroxylation is 1. The Morgan fingerprint density at radius 3 is 2.31 bits per heavy atom. The Hall–Kier alpha value is -7.51. The molecule has 5 aliphatic rings. The quantitative estimate of drug-likeness (QED) is 0.0396. The number of esters is 1. The Labute approximate surface area is 601 Å². The van der Waals surface area contributed by atoms with Gasteiger partial charge < -0.3 is 54.5 Å². The Balaban J connectivity index is 0.853. The Kier molecular flexibility index (Phi) is 28.7. The van der Waals surface area contributed by atoms with Crippen LogP contribution >= 0.6 is 0 Å². The molecule has 4 fully saturated rings. The number of Topliss-reactive ketones (excluding diaryl/α,β-unsaturated/α-hetero) is 3. The Morgan fingerprint density at radius 1 is 0.814 bits per heavy atom. The molecule has 22 heteroatoms. The number of cyclic esters (lactones) is 1. The number of piperazine rings is 1. The van der Waals surface area contributed by atoms with E-state index < -0.39 is 83.9 Å². The zero-order valence-corrected chi connectivity index (χ0v) is 61.2. The summed E-state index contributed by atoms with van der Waals surface area (Å²) in [5.41, 5.74) is 6.81. The molecule has 552 valence electrons. The minimum Gasteiger partial charge on any atom is -0.460 e. The van der Waals surface area contributed by atoms with E-state index in [4.69, 9.17) is 23.7 Å². The number of rotatable bonds is 16. The van der Waals surface area contributed by atoms with Crippen molar-refractivity contribution in [3.05, 3.63) is 144 Å². The van der Waals surface area contributed by atoms with Gasteiger partial charge in [-0.05, 0) is 167 Å². The molecule has 2 bridgehead atoms. The van der Waals surface area contributed by atoms with Gasteiger partial charge in [0.25, 0.3) is 17.6 Å². The number of allylic oxidation sites excluding steroid dienone is 6. The molecule has 6 heterocycles. The predicted molar refractivity (Wildman–Crippen MR) is 390 cm³/mol. The summed E-state index contributed by atoms with van der Waals surface area (Å²) in [6.07, 6.45) is 15.8. The normalized spacial score (nSPS) is 30.6. The molecule has 0 spiro atoms. The van der Waals surface area contributed by atoms with Gasteiger partial charge in [0.15, 0.2) is 5.78 Å². The van der Waals surface area contributed by atoms with Crippen molar-refractivity contribution in [1.82, 2.24) is 29.7 Å². The first kappa shape index (κ1) is 78.6. The van der Waals surface area contributed by atoms with Gasteiger partial charge in [-0.25, -0.2) is 14.8 Å². The fraction of sp³-hybridized carbons (Fsp3) is 0.562. The van der Waals surface area contributed by atoms with Gasteiger partial charge in [0.2, 0.25) is 11.7 Å². The molecule has 1 saturated carbocycles. The number of fused-ring (bicyclic) bond motifs is 3. The van der Waals surface area contributed by atoms with E-state index in [0.29, 0.717) is 100 Å². The van der Waals surface area contributed by atoms with Crippen LogP contribution in [0.1, 0.15) is 147 Å². The molecule has 22 nitrogen and oxygen atoms in total. The third-order valence-corrected chi connectivity index (χ3v) is 21.4. The van der Waals surface area contributed by atoms with Crippen molar-refractivity contribution < 1.29 is 67.8 Å². The summed E-state index contributed by atoms with van der Waals surface area (Å²) in [6, 6.07) is 17.8. The summed E-state index contributed by atoms with van der Waals surface area (Å²) in [4.78, 5) is 105. The smallest absolute Gasteiger partial charge is 0.329 e. The van der Waals surface area contributed by atoms with E-state index in [0.717, 1.165) is 59.8 Å². The molecular formula is C80H108N8O14. The molecule has 3 saturated heterocycles. The highest BCUT2D eigenvalue weighted by molar-refractivity contribution is 6.39. The van der Waals surface area contributed by atoms with Crippen LogP contribution in [0.5, 0.6) is 0 Å². The summed E-state index contributed by atoms with van der Waals surface area (Å²) in [6.45, 7) is 19.7. The van der Waals surface area contributed by atoms with Crippen LogP contribution in [0.4, 0.5) is 17.3 Å². The molecule has 5 N–H and O–H groups in total. The number of ketones is 3. The zero-order valence-electron chi connectivity index (χ0n) is 61.2. The Morgan fingerprint density at radius 2 is 1.58 bits per heavy atom. The topological polar surface area (TPSA) is 282 Å². The maximum absolute atomic E-state index is 14.7. The van der Waals surface area contributed by atoms with E-state index >= 15 is 0 Å². The molecule has 1 unspecified atom stereocenters. The number of ether oxygens (including phenoxy) is 5. The summed E-state index contributed by atoms with van der Waals surface area (Å²) in [7, 11) is 2.95. The van der Waals surface area contributed by atoms with Crippen LogP contribution in [0, 0.1) is 42.4 Å². The number of aliphatic hydroxyl groups is 3. The number of carbonyl (C=O) groups excluding carboxylic acids is 6. The molecule has 102 heavy (non-hydrogen) atoms. The lowest BCUT2D eigenvalue weighted by molar-refractivity contribution is -0.266. The number of nitrogens with one attached hydrogen (secondary N) is 2. The van der Waals surface area contributed by atoms with E-state index in [1.165, 1.54) is 12.0 Å². The lowest BCUT2D eigenvalue weighted by Crippen LogP contribution is -2.61. The first-order chi connectivity index (χ1) is 48.9. The SMILES string of the molecule is CO[C@@H]1C[C@@H](CC(C)[C@@H]2CC(=O)[C@H](C)/C=C(\C)[C@@H](O)[C@@H](OC)C(=O)[C@H](C)C[C@H](C)/C=C/C=C/C=C(C)[C@H](OCCN3CCN(Cc4ccc(C(=O)Nc5ccc(C)c(Nc6nccc(-c7cccnc7)n6)c5)cc4)CC3)C[C@@H]3CC[C@@H](C)[C@@](O)(O3)C(=O)C(=O)N3CCCC[C@H]3C(=O)O2)CC[C@H]1O. The van der Waals surface area contributed by atoms with Crippen molar-refractivity contribution in [2.75, 3.05) is 70.7 Å². The number of hydrogen-bond donors (Lipinski definition) is 5. The van der Waals surface area contributed by atoms with Crippen LogP contribution in [-0.2, 0) is 54.2 Å². The molecule has 4 aromatic rings. The average Bonchev–Trinajstić information content (AvgIpc) is 0.772. The number of benzene rings is 2. The number of hydrogen-bond acceptors (Lipinski definition) is 20. The molecule has 2 amide bonds. The molecule has 2 aromatic heterocycles. The highest BCUT2D eigenvalue weighted by Gasteiger charge is 2.53. The van der Waals surface area contributed by atoms with Crippen molar-refractivity contribution in [1.29, 1.82) is 0 Å². The number of piperidine rings is 1. The van der Waals surface area contributed by atoms with Gasteiger partial charge in [0.05, 0.1) is 36.7 Å². The first-order valence-corrected chi connectivity index (χ1v) is 36.6. The number of carbonyl (C=O) groups is 6. The molecule has 2 aromatic carbocycles. The Bertz CT molecular complexity index is 3610. The van der Waals surface area contributed by atoms with E-state index in [1.807, 2.05) is 126 Å². The minimum atomic E-state index is -2.51. The standard InChI is InChI=1S/C80H108N8O14/c1-50-17-12-11-13-18-52(3)69(100-40-39-86-35-37-87(38-36-86)49-58-23-26-60(27-24-58)76(94)83-62-28-21-51(2)65(45-62)85-79-82-33-31-64(84-79)61-19-16-32-81-48-61)46-63-29-22-57(8)80(97,102-63)75(93)77(95)88-34-15-14-20-66(88)78(96)101-70(54(5)43-59-25-30-67(89)71(44-59)98-9)47-68(90)53(4)42-56(7)73(92)74(99-10)72(91)55(6)41-50/h11-13,16-19,21,23-24,26-28,31-33,42,45,48,50,53-55,57,59,63,66-67,69-71,73-74,89,92,97H,14-15,20,22,25,29-30,34-41,43-44,46-47,49H2,1-10H3,(H,83,94)(H,82,84,85)/b13-11+,17-12+,52-18?,56-42+/t50-,53-,54?,55-,57-,59-,63+,66+,67-,69-,70+,71-,73-,74+,80-/m1/s1. The van der Waals surface area contributed by atoms with E-state index in [9.17, 15) is 44.1 Å². The minimum absolute atomic E-state index is 0.0326. The largest absolute Gasteiger partial charge is 0.460 e. The van der Waals surface area contributed by atoms with Crippen molar-refractivity contribution in [2.24, 2.45) is 35.5 Å². The number of amides is 2. The number of nitrogens with zero attached hydrogens (tertiary/aromatic N) is 6. The molecule has 0 radical (unpaired) electrons. The van der Waals surface area contributed by atoms with Crippen LogP contribution in [-0.4, -0.2) is 195 Å². The maximum atomic E-state index is 14.7. The predicted octanol–water partition coefficient (Wildman–Crippen LogP) is 10.5. The molecular weight excluding hydrogens is 1300 g/mol. The van der Waals surface area contributed by atoms with Gasteiger partial charge in [0, 0.05) is 132 Å². The van der Waals surface area contributed by atoms with Crippen LogP contribution in [0.25, 0.3) is 11.3 Å². The number of anilines is 3. The molecule has 4 aliphatic heterocycles. The number of methoxy groups -OCH3 is 2. The molecule has 1 aliphatic carbocycles. The molecule has 9 rings (SSSR count). The van der Waals surface area contributed by atoms with Crippen molar-refractivity contribution >= 4 is 52.5 Å². The summed E-state index contributed by atoms with van der Waals surface area (Å²) < 4.78 is 30.9. The van der Waals surface area contributed by atoms with E-state index in [1.54, 1.807) is 52.5 Å². The summed E-state index contributed by atoms with van der Waals surface area (Å²) in [5.74, 6) is -8.20. The van der Waals surface area contributed by atoms with Gasteiger partial charge in [0.1, 0.15) is 30.1 Å². The van der Waals surface area contributed by atoms with Gasteiger partial charge >= 0.3 is 5.97 Å². The van der Waals surface area contributed by atoms with Gasteiger partial charge in [-0.2, -0.15) is 0 Å². The summed E-state index contributed by atoms with van der Waals surface area (Å²) >= 11 is 0. The number of pyridine rings is 1. The van der Waals surface area contributed by atoms with Crippen molar-refractivity contribution in [3.63, 3.8) is 0 Å². The third-order valence-electron chi connectivity index (χ3n) is 21.4. The van der Waals surface area contributed by atoms with Gasteiger partial charge in [-0.1, -0.05) is 89.3 Å². The van der Waals surface area contributed by atoms with Gasteiger partial charge in [-0.15, -0.1) is 0 Å². The molecule has 15 atom stereocenters. The van der Waals surface area contributed by atoms with E-state index in [2.05, 4.69) is 35.4 Å². The van der Waals surface area contributed by atoms with Crippen LogP contribution in [0.3, 0.4) is 0 Å². The first-order valence-electron chi connectivity index (χ1n) is 36.6. The number of aromatic nitrogens is 3. The van der Waals surface area contributed by atoms with Crippen molar-refractivity contribution in [2.45, 2.75) is 194 Å². The lowest BCUT2D eigenvalue weighted by Gasteiger charge is -2.43. The monoisotopic (exact) mass is 1400 g/mol. The maximum Gasteiger partial charge on any atom is 0.329 e. The second kappa shape index (κ2) is 37.3. The highest BCUT2D eigenvalue weighted by Crippen LogP contribution is 2.39. The van der Waals surface area contributed by atoms with Crippen molar-refractivity contribution in [3.8, 4) is 11.3 Å². The second-order valence-corrected chi connectivity index (χ2v) is 29.2. The highest BCUT2D eigenvalue weighted by atomic mass is 16.6. The average molecular weight is 1410 g/mol. The fourth-order valence-electron chi connectivity index (χ4n) is 14.8. The second-order valence-electron chi connectivity index (χ2n) is 29.2. The summed E-state index contributed by atoms with van der Waals surface area (Å²) in [5, 5.41) is 41.1. The fourth-order valence-corrected chi connectivity index (χ4v) is 14.8. The lowest BCUT2D eigenvalue weighted by atomic mass is 9.78. The third kappa shape index (κ3) is 21.1. The van der Waals surface area contributed by atoms with Crippen LogP contribution in [0.15, 0.2) is 127 Å². The van der Waals surface area contributed by atoms with Crippen LogP contribution < -0.4 is 10.6 Å². The number of aliphatic hydroxyl groups excluding tert-OH is 2. The van der Waals surface area contributed by atoms with Gasteiger partial charge in [-0.3, -0.25) is 38.8 Å². The van der Waals surface area contributed by atoms with Crippen LogP contribution in [0.2, 0.25) is 0 Å².